The van der Waals surface area contributed by atoms with Gasteiger partial charge in [0.25, 0.3) is 17.7 Å². The SMILES string of the molecule is CNC(=O)C[C@@H]1NC(=O)c2csc(n2)-c2ccc(-c3nc(NC(=O)OC(C)(C)C)cs3)nc2-c2csc(n2)-c2csc(n2)[C@H]([C@@H](O)c2ccccc2)NC(=O)CNC(=O)c2nc(sc2COC)C(C(C)C)NC(=O)c2nc1sc2C. The van der Waals surface area contributed by atoms with Gasteiger partial charge in [-0.15, -0.1) is 68.0 Å². The van der Waals surface area contributed by atoms with Gasteiger partial charge >= 0.3 is 6.09 Å². The summed E-state index contributed by atoms with van der Waals surface area (Å²) in [6, 6.07) is 9.55. The number of anilines is 1. The summed E-state index contributed by atoms with van der Waals surface area (Å²) in [5.74, 6) is -2.83. The van der Waals surface area contributed by atoms with E-state index in [1.54, 1.807) is 91.7 Å². The highest BCUT2D eigenvalue weighted by atomic mass is 32.1. The van der Waals surface area contributed by atoms with E-state index in [4.69, 9.17) is 29.4 Å². The second kappa shape index (κ2) is 24.6. The summed E-state index contributed by atoms with van der Waals surface area (Å²) in [5.41, 5.74) is 2.06. The van der Waals surface area contributed by atoms with Gasteiger partial charge in [-0.25, -0.2) is 39.7 Å². The Hall–Kier alpha value is -7.31. The fourth-order valence-electron chi connectivity index (χ4n) is 8.05. The Labute approximate surface area is 482 Å². The first kappa shape index (κ1) is 57.4. The minimum atomic E-state index is -1.27. The van der Waals surface area contributed by atoms with E-state index in [1.165, 1.54) is 70.8 Å². The van der Waals surface area contributed by atoms with Crippen LogP contribution in [0.3, 0.4) is 0 Å². The molecule has 0 aliphatic carbocycles. The standard InChI is InChI=1S/C52H53N13O9S6/c1-23(2)36-50-65-39(32(80-50)18-73-8)43(70)54-17-35(67)62-40(41(68)25-12-10-9-11-13-25)49-59-31(21-77-49)47-57-29(19-76-47)38-26(14-15-27(55-38)46-60-33(22-78-46)61-51(72)74-52(4,5)6)45-58-30(20-75-45)42(69)56-28(16-34(66)53-7)48-64-37(24(3)79-48)44(71)63-36/h9-15,19-23,28,36,40-41,68H,16-18H2,1-8H3,(H,53,66)(H,54,70)(H,56,69)(H,61,72)(H,62,67)(H,63,71)/t28-,36?,40-,41-/m0/s1. The van der Waals surface area contributed by atoms with Crippen LogP contribution in [0.4, 0.5) is 10.6 Å². The normalized spacial score (nSPS) is 16.7. The maximum absolute atomic E-state index is 14.3. The zero-order valence-electron chi connectivity index (χ0n) is 44.2. The molecule has 0 radical (unpaired) electrons. The van der Waals surface area contributed by atoms with Gasteiger partial charge < -0.3 is 41.2 Å². The lowest BCUT2D eigenvalue weighted by atomic mass is 10.0. The largest absolute Gasteiger partial charge is 0.444 e. The van der Waals surface area contributed by atoms with Gasteiger partial charge in [0.05, 0.1) is 42.2 Å². The number of carbonyl (C=O) groups is 6. The molecule has 80 heavy (non-hydrogen) atoms. The van der Waals surface area contributed by atoms with Crippen molar-refractivity contribution in [3.05, 3.63) is 111 Å². The van der Waals surface area contributed by atoms with E-state index in [9.17, 15) is 33.9 Å². The lowest BCUT2D eigenvalue weighted by molar-refractivity contribution is -0.122. The zero-order chi connectivity index (χ0) is 57.0. The third-order valence-corrected chi connectivity index (χ3v) is 17.6. The fraction of sp³-hybridized carbons (Fsp3) is 0.327. The topological polar surface area (TPSA) is 304 Å². The summed E-state index contributed by atoms with van der Waals surface area (Å²) in [6.07, 6.45) is -2.15. The Morgan fingerprint density at radius 2 is 1.41 bits per heavy atom. The van der Waals surface area contributed by atoms with Gasteiger partial charge in [0, 0.05) is 46.1 Å². The van der Waals surface area contributed by atoms with Gasteiger partial charge in [0.2, 0.25) is 11.8 Å². The van der Waals surface area contributed by atoms with Crippen molar-refractivity contribution in [2.45, 2.75) is 84.4 Å². The summed E-state index contributed by atoms with van der Waals surface area (Å²) in [6.45, 7) is 10.3. The molecule has 0 saturated carbocycles. The molecule has 6 amide bonds. The number of hydrogen-bond acceptors (Lipinski definition) is 22. The van der Waals surface area contributed by atoms with E-state index < -0.39 is 72.0 Å². The highest BCUT2D eigenvalue weighted by Crippen LogP contribution is 2.40. The smallest absolute Gasteiger partial charge is 0.413 e. The van der Waals surface area contributed by atoms with E-state index in [0.29, 0.717) is 73.7 Å². The van der Waals surface area contributed by atoms with Crippen LogP contribution in [0.1, 0.15) is 127 Å². The molecule has 0 fully saturated rings. The highest BCUT2D eigenvalue weighted by Gasteiger charge is 2.33. The van der Waals surface area contributed by atoms with Crippen LogP contribution in [0.2, 0.25) is 0 Å². The molecule has 1 aromatic carbocycles. The third kappa shape index (κ3) is 13.3. The number of fused-ring (bicyclic) bond motifs is 14. The van der Waals surface area contributed by atoms with Crippen LogP contribution in [0.15, 0.2) is 64.0 Å². The van der Waals surface area contributed by atoms with Gasteiger partial charge in [-0.05, 0) is 51.3 Å². The maximum Gasteiger partial charge on any atom is 0.413 e. The van der Waals surface area contributed by atoms with Gasteiger partial charge in [0.1, 0.15) is 87.8 Å². The van der Waals surface area contributed by atoms with Crippen LogP contribution in [0.5, 0.6) is 0 Å². The van der Waals surface area contributed by atoms with Crippen molar-refractivity contribution in [1.29, 1.82) is 0 Å². The van der Waals surface area contributed by atoms with Gasteiger partial charge in [-0.2, -0.15) is 0 Å². The molecule has 1 unspecified atom stereocenters. The molecule has 416 valence electrons. The number of carbonyl (C=O) groups excluding carboxylic acids is 6. The van der Waals surface area contributed by atoms with E-state index >= 15 is 0 Å². The number of methoxy groups -OCH3 is 1. The van der Waals surface area contributed by atoms with Crippen molar-refractivity contribution in [3.8, 4) is 43.4 Å². The van der Waals surface area contributed by atoms with E-state index in [-0.39, 0.29) is 41.8 Å². The van der Waals surface area contributed by atoms with Gasteiger partial charge in [0.15, 0.2) is 0 Å². The number of benzene rings is 1. The average molecular weight is 1200 g/mol. The predicted octanol–water partition coefficient (Wildman–Crippen LogP) is 8.66. The van der Waals surface area contributed by atoms with Crippen LogP contribution in [0.25, 0.3) is 43.4 Å². The first-order valence-electron chi connectivity index (χ1n) is 24.7. The summed E-state index contributed by atoms with van der Waals surface area (Å²) in [4.78, 5) is 117. The molecule has 1 aliphatic heterocycles. The minimum Gasteiger partial charge on any atom is -0.444 e. The summed E-state index contributed by atoms with van der Waals surface area (Å²) < 4.78 is 10.9. The molecule has 0 spiro atoms. The molecule has 22 nitrogen and oxygen atoms in total. The Kier molecular flexibility index (Phi) is 17.6. The molecule has 7 N–H and O–H groups in total. The first-order chi connectivity index (χ1) is 38.2. The number of ether oxygens (including phenoxy) is 2. The molecule has 8 aromatic rings. The molecule has 4 atom stereocenters. The number of rotatable bonds is 9. The molecule has 0 saturated heterocycles. The van der Waals surface area contributed by atoms with E-state index in [2.05, 4.69) is 46.9 Å². The van der Waals surface area contributed by atoms with Gasteiger partial charge in [-0.1, -0.05) is 44.2 Å². The molecule has 1 aliphatic rings. The molecular formula is C52H53N13O9S6. The third-order valence-electron chi connectivity index (χ3n) is 11.9. The van der Waals surface area contributed by atoms with Gasteiger partial charge in [-0.3, -0.25) is 29.3 Å². The molecule has 28 heteroatoms. The number of aliphatic hydroxyl groups is 1. The van der Waals surface area contributed by atoms with Crippen molar-refractivity contribution >= 4 is 109 Å². The van der Waals surface area contributed by atoms with Crippen molar-refractivity contribution in [2.75, 3.05) is 26.0 Å². The minimum absolute atomic E-state index is 0.00266. The number of aliphatic hydroxyl groups excluding tert-OH is 1. The quantitative estimate of drug-likeness (QED) is 0.0711. The highest BCUT2D eigenvalue weighted by molar-refractivity contribution is 7.15. The summed E-state index contributed by atoms with van der Waals surface area (Å²) in [5, 5.41) is 37.9. The predicted molar refractivity (Wildman–Crippen MR) is 307 cm³/mol. The number of hydrogen-bond donors (Lipinski definition) is 7. The number of aromatic nitrogens is 7. The first-order valence-corrected chi connectivity index (χ1v) is 29.8. The lowest BCUT2D eigenvalue weighted by Gasteiger charge is -2.23. The molecule has 9 rings (SSSR count). The Balaban J connectivity index is 1.13. The van der Waals surface area contributed by atoms with Crippen LogP contribution in [-0.2, 0) is 25.7 Å². The Morgan fingerprint density at radius 3 is 2.15 bits per heavy atom. The molecule has 8 heterocycles. The second-order valence-electron chi connectivity index (χ2n) is 19.3. The van der Waals surface area contributed by atoms with E-state index in [1.807, 2.05) is 13.8 Å². The second-order valence-corrected chi connectivity index (χ2v) is 25.1. The van der Waals surface area contributed by atoms with Crippen molar-refractivity contribution < 1.29 is 43.3 Å². The number of thiazole rings is 6. The van der Waals surface area contributed by atoms with Crippen LogP contribution in [0, 0.1) is 12.8 Å². The van der Waals surface area contributed by atoms with Crippen LogP contribution < -0.4 is 31.9 Å². The number of amides is 6. The fourth-order valence-corrected chi connectivity index (χ4v) is 13.5. The molecular weight excluding hydrogens is 1140 g/mol. The number of aryl methyl sites for hydroxylation is 1. The zero-order valence-corrected chi connectivity index (χ0v) is 49.1. The summed E-state index contributed by atoms with van der Waals surface area (Å²) >= 11 is 7.21. The number of nitrogens with zero attached hydrogens (tertiary/aromatic N) is 7. The van der Waals surface area contributed by atoms with Crippen molar-refractivity contribution in [2.24, 2.45) is 5.92 Å². The lowest BCUT2D eigenvalue weighted by Crippen LogP contribution is -2.40. The number of pyridine rings is 1. The van der Waals surface area contributed by atoms with Crippen molar-refractivity contribution in [1.82, 2.24) is 61.5 Å². The Bertz CT molecular complexity index is 3600. The van der Waals surface area contributed by atoms with E-state index in [0.717, 1.165) is 11.3 Å². The monoisotopic (exact) mass is 1200 g/mol. The van der Waals surface area contributed by atoms with Crippen LogP contribution >= 0.6 is 68.0 Å². The molecule has 7 aromatic heterocycles. The number of nitrogens with one attached hydrogen (secondary N) is 6. The van der Waals surface area contributed by atoms with Crippen LogP contribution in [-0.4, -0.2) is 102 Å². The van der Waals surface area contributed by atoms with Crippen molar-refractivity contribution in [3.63, 3.8) is 0 Å². The average Bonchev–Trinajstić information content (AvgIpc) is 4.34. The summed E-state index contributed by atoms with van der Waals surface area (Å²) in [7, 11) is 2.95. The Morgan fingerprint density at radius 1 is 0.713 bits per heavy atom. The molecule has 10 bridgehead atoms. The maximum atomic E-state index is 14.3.